The van der Waals surface area contributed by atoms with E-state index in [1.54, 1.807) is 6.07 Å². The van der Waals surface area contributed by atoms with Gasteiger partial charge in [0.2, 0.25) is 15.9 Å². The van der Waals surface area contributed by atoms with Crippen LogP contribution in [-0.2, 0) is 34.5 Å². The number of aromatic nitrogens is 1. The number of carbonyl (C=O) groups excluding carboxylic acids is 1. The molecule has 4 rings (SSSR count). The van der Waals surface area contributed by atoms with E-state index in [-0.39, 0.29) is 46.5 Å². The molecule has 14 heteroatoms. The predicted molar refractivity (Wildman–Crippen MR) is 132 cm³/mol. The molecular weight excluding hydrogens is 535 g/mol. The molecule has 1 amide bonds. The number of nitrogens with zero attached hydrogens (tertiary/aromatic N) is 2. The van der Waals surface area contributed by atoms with Gasteiger partial charge in [0.1, 0.15) is 4.90 Å². The van der Waals surface area contributed by atoms with Gasteiger partial charge in [-0.3, -0.25) is 4.79 Å². The number of amides is 1. The maximum absolute atomic E-state index is 13.1. The fourth-order valence-electron chi connectivity index (χ4n) is 3.86. The third-order valence-electron chi connectivity index (χ3n) is 5.71. The summed E-state index contributed by atoms with van der Waals surface area (Å²) in [4.78, 5) is 16.8. The Balaban J connectivity index is 1.45. The molecule has 35 heavy (non-hydrogen) atoms. The molecule has 0 saturated carbocycles. The van der Waals surface area contributed by atoms with Crippen molar-refractivity contribution in [3.8, 4) is 0 Å². The lowest BCUT2D eigenvalue weighted by Gasteiger charge is -2.30. The van der Waals surface area contributed by atoms with Crippen LogP contribution in [0.2, 0.25) is 0 Å². The van der Waals surface area contributed by atoms with E-state index in [4.69, 9.17) is 0 Å². The van der Waals surface area contributed by atoms with Crippen LogP contribution >= 0.6 is 11.3 Å². The number of sulfone groups is 2. The molecule has 0 bridgehead atoms. The molecule has 1 N–H and O–H groups in total. The summed E-state index contributed by atoms with van der Waals surface area (Å²) in [5, 5.41) is 3.07. The van der Waals surface area contributed by atoms with Crippen LogP contribution in [0.25, 0.3) is 10.2 Å². The van der Waals surface area contributed by atoms with Crippen LogP contribution in [0.5, 0.6) is 0 Å². The lowest BCUT2D eigenvalue weighted by atomic mass is 9.97. The summed E-state index contributed by atoms with van der Waals surface area (Å²) in [6, 6.07) is 10.0. The SMILES string of the molecule is CS(=O)(=O)c1ccc2nc(NC(=O)C3CCN(S(=O)(=O)c4ccccc4S(C)(=O)=O)CC3)sc2c1. The van der Waals surface area contributed by atoms with Gasteiger partial charge in [-0.05, 0) is 43.2 Å². The lowest BCUT2D eigenvalue weighted by molar-refractivity contribution is -0.120. The summed E-state index contributed by atoms with van der Waals surface area (Å²) in [6.45, 7) is 0.131. The minimum absolute atomic E-state index is 0.0656. The topological polar surface area (TPSA) is 148 Å². The molecule has 0 radical (unpaired) electrons. The first-order chi connectivity index (χ1) is 16.3. The number of nitrogens with one attached hydrogen (secondary N) is 1. The number of fused-ring (bicyclic) bond motifs is 1. The van der Waals surface area contributed by atoms with E-state index in [1.807, 2.05) is 0 Å². The minimum Gasteiger partial charge on any atom is -0.302 e. The lowest BCUT2D eigenvalue weighted by Crippen LogP contribution is -2.41. The highest BCUT2D eigenvalue weighted by Crippen LogP contribution is 2.31. The van der Waals surface area contributed by atoms with Crippen molar-refractivity contribution >= 4 is 62.3 Å². The standard InChI is InChI=1S/C21H23N3O7S4/c1-33(26,27)15-7-8-16-17(13-15)32-21(22-16)23-20(25)14-9-11-24(12-10-14)35(30,31)19-6-4-3-5-18(19)34(2,28)29/h3-8,13-14H,9-12H2,1-2H3,(H,22,23,25). The molecule has 0 unspecified atom stereocenters. The van der Waals surface area contributed by atoms with Crippen LogP contribution in [0.4, 0.5) is 5.13 Å². The van der Waals surface area contributed by atoms with Crippen LogP contribution < -0.4 is 5.32 Å². The maximum atomic E-state index is 13.1. The summed E-state index contributed by atoms with van der Waals surface area (Å²) in [5.74, 6) is -0.758. The van der Waals surface area contributed by atoms with E-state index in [1.165, 1.54) is 40.7 Å². The first-order valence-corrected chi connectivity index (χ1v) is 16.5. The molecule has 0 spiro atoms. The second kappa shape index (κ2) is 9.24. The molecule has 2 heterocycles. The summed E-state index contributed by atoms with van der Waals surface area (Å²) < 4.78 is 75.7. The molecule has 188 valence electrons. The van der Waals surface area contributed by atoms with E-state index < -0.39 is 35.6 Å². The number of anilines is 1. The highest BCUT2D eigenvalue weighted by atomic mass is 32.2. The van der Waals surface area contributed by atoms with Gasteiger partial charge in [0.15, 0.2) is 24.8 Å². The number of benzene rings is 2. The molecule has 2 aromatic carbocycles. The summed E-state index contributed by atoms with van der Waals surface area (Å²) in [7, 11) is -11.2. The minimum atomic E-state index is -4.05. The Bertz CT molecular complexity index is 1620. The van der Waals surface area contributed by atoms with Gasteiger partial charge in [-0.25, -0.2) is 30.2 Å². The Morgan fingerprint density at radius 3 is 2.17 bits per heavy atom. The van der Waals surface area contributed by atoms with Crippen LogP contribution in [0.15, 0.2) is 57.2 Å². The van der Waals surface area contributed by atoms with Crippen molar-refractivity contribution in [2.75, 3.05) is 30.9 Å². The Morgan fingerprint density at radius 2 is 1.57 bits per heavy atom. The molecule has 3 aromatic rings. The Hall–Kier alpha value is -2.39. The molecule has 1 aromatic heterocycles. The number of piperidine rings is 1. The molecule has 0 aliphatic carbocycles. The van der Waals surface area contributed by atoms with E-state index >= 15 is 0 Å². The highest BCUT2D eigenvalue weighted by molar-refractivity contribution is 7.93. The smallest absolute Gasteiger partial charge is 0.244 e. The van der Waals surface area contributed by atoms with E-state index in [0.29, 0.717) is 15.3 Å². The largest absolute Gasteiger partial charge is 0.302 e. The molecule has 1 saturated heterocycles. The van der Waals surface area contributed by atoms with E-state index in [9.17, 15) is 30.0 Å². The molecule has 1 fully saturated rings. The van der Waals surface area contributed by atoms with Crippen LogP contribution in [-0.4, -0.2) is 66.1 Å². The monoisotopic (exact) mass is 557 g/mol. The van der Waals surface area contributed by atoms with Gasteiger partial charge in [-0.1, -0.05) is 23.5 Å². The van der Waals surface area contributed by atoms with Crippen molar-refractivity contribution in [1.29, 1.82) is 0 Å². The van der Waals surface area contributed by atoms with Gasteiger partial charge < -0.3 is 5.32 Å². The quantitative estimate of drug-likeness (QED) is 0.485. The van der Waals surface area contributed by atoms with Crippen LogP contribution in [0, 0.1) is 5.92 Å². The molecule has 0 atom stereocenters. The number of hydrogen-bond acceptors (Lipinski definition) is 9. The number of rotatable bonds is 6. The molecule has 1 aliphatic heterocycles. The van der Waals surface area contributed by atoms with Crippen molar-refractivity contribution in [2.45, 2.75) is 27.5 Å². The number of carbonyl (C=O) groups is 1. The van der Waals surface area contributed by atoms with Gasteiger partial charge in [0.25, 0.3) is 0 Å². The average molecular weight is 558 g/mol. The first-order valence-electron chi connectivity index (χ1n) is 10.5. The third kappa shape index (κ3) is 5.40. The Kier molecular flexibility index (Phi) is 6.79. The zero-order chi connectivity index (χ0) is 25.6. The second-order valence-electron chi connectivity index (χ2n) is 8.31. The summed E-state index contributed by atoms with van der Waals surface area (Å²) in [6.07, 6.45) is 2.59. The number of thiazole rings is 1. The third-order valence-corrected chi connectivity index (χ3v) is 11.0. The van der Waals surface area contributed by atoms with Crippen LogP contribution in [0.3, 0.4) is 0 Å². The normalized spacial score (nSPS) is 16.4. The zero-order valence-corrected chi connectivity index (χ0v) is 22.1. The number of sulfonamides is 1. The van der Waals surface area contributed by atoms with Gasteiger partial charge in [0.05, 0.1) is 20.0 Å². The highest BCUT2D eigenvalue weighted by Gasteiger charge is 2.34. The summed E-state index contributed by atoms with van der Waals surface area (Å²) in [5.41, 5.74) is 0.558. The summed E-state index contributed by atoms with van der Waals surface area (Å²) >= 11 is 1.16. The maximum Gasteiger partial charge on any atom is 0.244 e. The fourth-order valence-corrected chi connectivity index (χ4v) is 8.57. The fraction of sp³-hybridized carbons (Fsp3) is 0.333. The Labute approximate surface area is 207 Å². The molecule has 10 nitrogen and oxygen atoms in total. The molecule has 1 aliphatic rings. The van der Waals surface area contributed by atoms with Crippen molar-refractivity contribution in [3.05, 3.63) is 42.5 Å². The van der Waals surface area contributed by atoms with Crippen LogP contribution in [0.1, 0.15) is 12.8 Å². The van der Waals surface area contributed by atoms with Gasteiger partial charge in [0, 0.05) is 31.5 Å². The first kappa shape index (κ1) is 25.7. The van der Waals surface area contributed by atoms with Gasteiger partial charge in [-0.2, -0.15) is 4.31 Å². The van der Waals surface area contributed by atoms with Crippen molar-refractivity contribution < 1.29 is 30.0 Å². The average Bonchev–Trinajstić information content (AvgIpc) is 3.19. The van der Waals surface area contributed by atoms with Crippen molar-refractivity contribution in [2.24, 2.45) is 5.92 Å². The van der Waals surface area contributed by atoms with E-state index in [2.05, 4.69) is 10.3 Å². The zero-order valence-electron chi connectivity index (χ0n) is 18.8. The van der Waals surface area contributed by atoms with Crippen molar-refractivity contribution in [1.82, 2.24) is 9.29 Å². The van der Waals surface area contributed by atoms with Crippen molar-refractivity contribution in [3.63, 3.8) is 0 Å². The number of hydrogen-bond donors (Lipinski definition) is 1. The van der Waals surface area contributed by atoms with Gasteiger partial charge in [-0.15, -0.1) is 0 Å². The second-order valence-corrected chi connectivity index (χ2v) is 15.2. The van der Waals surface area contributed by atoms with E-state index in [0.717, 1.165) is 23.8 Å². The van der Waals surface area contributed by atoms with Gasteiger partial charge >= 0.3 is 0 Å². The molecular formula is C21H23N3O7S4. The Morgan fingerprint density at radius 1 is 0.943 bits per heavy atom. The predicted octanol–water partition coefficient (Wildman–Crippen LogP) is 2.14.